The van der Waals surface area contributed by atoms with Crippen LogP contribution in [0.15, 0.2) is 28.7 Å². The largest absolute Gasteiger partial charge is 0.444 e. The molecule has 0 bridgehead atoms. The molecule has 0 spiro atoms. The van der Waals surface area contributed by atoms with Gasteiger partial charge in [0.2, 0.25) is 0 Å². The SMILES string of the molecule is CC(C)(C)OC(=O)NC1CCCC(c2ccccc2Br)C1. The van der Waals surface area contributed by atoms with E-state index >= 15 is 0 Å². The maximum Gasteiger partial charge on any atom is 0.407 e. The molecule has 1 aromatic rings. The lowest BCUT2D eigenvalue weighted by Crippen LogP contribution is -2.41. The number of amides is 1. The minimum absolute atomic E-state index is 0.200. The average Bonchev–Trinajstić information content (AvgIpc) is 2.37. The van der Waals surface area contributed by atoms with Crippen LogP contribution in [-0.4, -0.2) is 17.7 Å². The summed E-state index contributed by atoms with van der Waals surface area (Å²) in [7, 11) is 0. The highest BCUT2D eigenvalue weighted by atomic mass is 79.9. The van der Waals surface area contributed by atoms with Crippen LogP contribution in [0, 0.1) is 0 Å². The molecule has 0 heterocycles. The molecule has 21 heavy (non-hydrogen) atoms. The minimum atomic E-state index is -0.444. The standard InChI is InChI=1S/C17H24BrNO2/c1-17(2,3)21-16(20)19-13-8-6-7-12(11-13)14-9-4-5-10-15(14)18/h4-5,9-10,12-13H,6-8,11H2,1-3H3,(H,19,20). The van der Waals surface area contributed by atoms with Crippen LogP contribution in [0.5, 0.6) is 0 Å². The number of carbonyl (C=O) groups excluding carboxylic acids is 1. The molecule has 0 saturated heterocycles. The fourth-order valence-electron chi connectivity index (χ4n) is 2.88. The Bertz CT molecular complexity index is 496. The highest BCUT2D eigenvalue weighted by molar-refractivity contribution is 9.10. The highest BCUT2D eigenvalue weighted by Gasteiger charge is 2.27. The van der Waals surface area contributed by atoms with Crippen LogP contribution in [0.3, 0.4) is 0 Å². The second-order valence-electron chi connectivity index (χ2n) is 6.73. The Kier molecular flexibility index (Phi) is 5.31. The lowest BCUT2D eigenvalue weighted by atomic mass is 9.81. The first-order valence-corrected chi connectivity index (χ1v) is 8.38. The van der Waals surface area contributed by atoms with Gasteiger partial charge in [0.25, 0.3) is 0 Å². The fourth-order valence-corrected chi connectivity index (χ4v) is 3.49. The number of halogens is 1. The molecular formula is C17H24BrNO2. The zero-order chi connectivity index (χ0) is 15.5. The molecule has 1 saturated carbocycles. The molecule has 1 N–H and O–H groups in total. The summed E-state index contributed by atoms with van der Waals surface area (Å²) in [6, 6.07) is 8.56. The summed E-state index contributed by atoms with van der Waals surface area (Å²) in [6.45, 7) is 5.66. The first kappa shape index (κ1) is 16.3. The summed E-state index contributed by atoms with van der Waals surface area (Å²) in [5.41, 5.74) is 0.897. The molecule has 1 aromatic carbocycles. The monoisotopic (exact) mass is 353 g/mol. The van der Waals surface area contributed by atoms with Crippen molar-refractivity contribution in [2.45, 2.75) is 64.0 Å². The summed E-state index contributed by atoms with van der Waals surface area (Å²) >= 11 is 3.63. The lowest BCUT2D eigenvalue weighted by Gasteiger charge is -2.31. The van der Waals surface area contributed by atoms with Crippen LogP contribution in [0.4, 0.5) is 4.79 Å². The molecule has 2 rings (SSSR count). The average molecular weight is 354 g/mol. The topological polar surface area (TPSA) is 38.3 Å². The van der Waals surface area contributed by atoms with Crippen LogP contribution in [-0.2, 0) is 4.74 Å². The van der Waals surface area contributed by atoms with Gasteiger partial charge in [-0.2, -0.15) is 0 Å². The molecular weight excluding hydrogens is 330 g/mol. The van der Waals surface area contributed by atoms with Gasteiger partial charge in [-0.05, 0) is 57.6 Å². The second-order valence-corrected chi connectivity index (χ2v) is 7.58. The van der Waals surface area contributed by atoms with E-state index in [0.717, 1.165) is 23.7 Å². The van der Waals surface area contributed by atoms with Gasteiger partial charge < -0.3 is 10.1 Å². The molecule has 4 heteroatoms. The van der Waals surface area contributed by atoms with E-state index in [-0.39, 0.29) is 12.1 Å². The number of ether oxygens (including phenoxy) is 1. The summed E-state index contributed by atoms with van der Waals surface area (Å²) in [4.78, 5) is 11.9. The number of alkyl carbamates (subject to hydrolysis) is 1. The summed E-state index contributed by atoms with van der Waals surface area (Å²) in [5, 5.41) is 3.02. The van der Waals surface area contributed by atoms with Gasteiger partial charge in [-0.1, -0.05) is 40.5 Å². The molecule has 1 fully saturated rings. The Morgan fingerprint density at radius 1 is 1.29 bits per heavy atom. The van der Waals surface area contributed by atoms with Gasteiger partial charge in [0.05, 0.1) is 0 Å². The number of hydrogen-bond acceptors (Lipinski definition) is 2. The van der Waals surface area contributed by atoms with E-state index in [2.05, 4.69) is 39.4 Å². The Morgan fingerprint density at radius 2 is 2.00 bits per heavy atom. The molecule has 2 atom stereocenters. The molecule has 3 nitrogen and oxygen atoms in total. The second kappa shape index (κ2) is 6.82. The van der Waals surface area contributed by atoms with Gasteiger partial charge >= 0.3 is 6.09 Å². The van der Waals surface area contributed by atoms with Gasteiger partial charge in [0.15, 0.2) is 0 Å². The van der Waals surface area contributed by atoms with Crippen molar-refractivity contribution in [1.29, 1.82) is 0 Å². The first-order chi connectivity index (χ1) is 9.85. The Hall–Kier alpha value is -1.03. The van der Waals surface area contributed by atoms with Gasteiger partial charge in [-0.25, -0.2) is 4.79 Å². The number of hydrogen-bond donors (Lipinski definition) is 1. The number of nitrogens with one attached hydrogen (secondary N) is 1. The molecule has 1 amide bonds. The third-order valence-corrected chi connectivity index (χ3v) is 4.46. The molecule has 1 aliphatic rings. The Labute approximate surface area is 135 Å². The van der Waals surface area contributed by atoms with Crippen LogP contribution < -0.4 is 5.32 Å². The number of rotatable bonds is 2. The van der Waals surface area contributed by atoms with Crippen molar-refractivity contribution in [3.63, 3.8) is 0 Å². The predicted octanol–water partition coefficient (Wildman–Crippen LogP) is 5.00. The van der Waals surface area contributed by atoms with Crippen molar-refractivity contribution in [3.05, 3.63) is 34.3 Å². The summed E-state index contributed by atoms with van der Waals surface area (Å²) < 4.78 is 6.51. The molecule has 0 aliphatic heterocycles. The van der Waals surface area contributed by atoms with Crippen LogP contribution in [0.25, 0.3) is 0 Å². The Morgan fingerprint density at radius 3 is 2.67 bits per heavy atom. The van der Waals surface area contributed by atoms with E-state index in [1.807, 2.05) is 26.8 Å². The van der Waals surface area contributed by atoms with E-state index in [1.165, 1.54) is 12.0 Å². The van der Waals surface area contributed by atoms with E-state index in [0.29, 0.717) is 5.92 Å². The van der Waals surface area contributed by atoms with Crippen molar-refractivity contribution >= 4 is 22.0 Å². The first-order valence-electron chi connectivity index (χ1n) is 7.59. The Balaban J connectivity index is 1.95. The van der Waals surface area contributed by atoms with Crippen LogP contribution in [0.2, 0.25) is 0 Å². The van der Waals surface area contributed by atoms with Gasteiger partial charge in [0, 0.05) is 10.5 Å². The third kappa shape index (κ3) is 5.03. The predicted molar refractivity (Wildman–Crippen MR) is 88.5 cm³/mol. The quantitative estimate of drug-likeness (QED) is 0.812. The smallest absolute Gasteiger partial charge is 0.407 e. The summed E-state index contributed by atoms with van der Waals surface area (Å²) in [5.74, 6) is 0.495. The van der Waals surface area contributed by atoms with E-state index in [4.69, 9.17) is 4.74 Å². The minimum Gasteiger partial charge on any atom is -0.444 e. The number of benzene rings is 1. The van der Waals surface area contributed by atoms with E-state index in [9.17, 15) is 4.79 Å². The van der Waals surface area contributed by atoms with Gasteiger partial charge in [-0.3, -0.25) is 0 Å². The van der Waals surface area contributed by atoms with Gasteiger partial charge in [0.1, 0.15) is 5.60 Å². The van der Waals surface area contributed by atoms with Crippen molar-refractivity contribution < 1.29 is 9.53 Å². The number of carbonyl (C=O) groups is 1. The normalized spacial score (nSPS) is 22.7. The molecule has 0 radical (unpaired) electrons. The summed E-state index contributed by atoms with van der Waals surface area (Å²) in [6.07, 6.45) is 4.00. The van der Waals surface area contributed by atoms with Crippen molar-refractivity contribution in [2.24, 2.45) is 0 Å². The van der Waals surface area contributed by atoms with Gasteiger partial charge in [-0.15, -0.1) is 0 Å². The lowest BCUT2D eigenvalue weighted by molar-refractivity contribution is 0.0490. The van der Waals surface area contributed by atoms with Crippen LogP contribution >= 0.6 is 15.9 Å². The van der Waals surface area contributed by atoms with Crippen molar-refractivity contribution in [1.82, 2.24) is 5.32 Å². The molecule has 0 aromatic heterocycles. The fraction of sp³-hybridized carbons (Fsp3) is 0.588. The van der Waals surface area contributed by atoms with Crippen molar-refractivity contribution in [3.8, 4) is 0 Å². The van der Waals surface area contributed by atoms with E-state index < -0.39 is 5.60 Å². The van der Waals surface area contributed by atoms with Crippen molar-refractivity contribution in [2.75, 3.05) is 0 Å². The maximum absolute atomic E-state index is 11.9. The zero-order valence-electron chi connectivity index (χ0n) is 13.0. The maximum atomic E-state index is 11.9. The molecule has 1 aliphatic carbocycles. The third-order valence-electron chi connectivity index (χ3n) is 3.74. The van der Waals surface area contributed by atoms with Crippen LogP contribution in [0.1, 0.15) is 57.9 Å². The molecule has 2 unspecified atom stereocenters. The molecule has 116 valence electrons. The van der Waals surface area contributed by atoms with E-state index in [1.54, 1.807) is 0 Å². The zero-order valence-corrected chi connectivity index (χ0v) is 14.6. The highest BCUT2D eigenvalue weighted by Crippen LogP contribution is 2.36.